The third-order valence-corrected chi connectivity index (χ3v) is 1.72. The van der Waals surface area contributed by atoms with E-state index in [1.807, 2.05) is 0 Å². The summed E-state index contributed by atoms with van der Waals surface area (Å²) in [6.07, 6.45) is -0.322. The predicted octanol–water partition coefficient (Wildman–Crippen LogP) is -7.72. The van der Waals surface area contributed by atoms with Crippen molar-refractivity contribution < 1.29 is 123 Å². The van der Waals surface area contributed by atoms with E-state index in [0.717, 1.165) is 0 Å². The average Bonchev–Trinajstić information content (AvgIpc) is 2.06. The molecule has 0 heterocycles. The molecule has 0 N–H and O–H groups in total. The van der Waals surface area contributed by atoms with Crippen molar-refractivity contribution in [2.45, 2.75) is 12.8 Å². The average molecular weight is 270 g/mol. The van der Waals surface area contributed by atoms with Crippen molar-refractivity contribution in [2.75, 3.05) is 0 Å². The molecule has 1 aromatic rings. The summed E-state index contributed by atoms with van der Waals surface area (Å²) in [5, 5.41) is 20.4. The van der Waals surface area contributed by atoms with E-state index in [2.05, 4.69) is 0 Å². The van der Waals surface area contributed by atoms with E-state index >= 15 is 0 Å². The van der Waals surface area contributed by atoms with E-state index in [1.165, 1.54) is 0 Å². The molecule has 0 unspecified atom stereocenters. The number of benzene rings is 1. The van der Waals surface area contributed by atoms with Crippen LogP contribution in [0.15, 0.2) is 24.3 Å². The van der Waals surface area contributed by atoms with Gasteiger partial charge in [-0.25, -0.2) is 0 Å². The standard InChI is InChI=1S/C10H10O4.2K/c11-9(12)5-7-1-2-8(4-3-7)6-10(13)14;;/h1-4H,5-6H2,(H,11,12)(H,13,14);;/q;2*+1/p-2. The summed E-state index contributed by atoms with van der Waals surface area (Å²) in [4.78, 5) is 20.4. The summed E-state index contributed by atoms with van der Waals surface area (Å²) in [5.74, 6) is -2.31. The molecule has 0 atom stereocenters. The van der Waals surface area contributed by atoms with Gasteiger partial charge in [0.25, 0.3) is 0 Å². The fourth-order valence-electron chi connectivity index (χ4n) is 1.11. The Morgan fingerprint density at radius 2 is 1.06 bits per heavy atom. The molecule has 1 rings (SSSR count). The maximum atomic E-state index is 10.2. The smallest absolute Gasteiger partial charge is 0.550 e. The summed E-state index contributed by atoms with van der Waals surface area (Å²) >= 11 is 0. The van der Waals surface area contributed by atoms with Gasteiger partial charge in [-0.2, -0.15) is 0 Å². The summed E-state index contributed by atoms with van der Waals surface area (Å²) in [6.45, 7) is 0. The van der Waals surface area contributed by atoms with Crippen molar-refractivity contribution in [3.8, 4) is 0 Å². The molecule has 0 radical (unpaired) electrons. The van der Waals surface area contributed by atoms with E-state index in [4.69, 9.17) is 0 Å². The molecule has 0 bridgehead atoms. The van der Waals surface area contributed by atoms with Crippen molar-refractivity contribution >= 4 is 11.9 Å². The van der Waals surface area contributed by atoms with Crippen molar-refractivity contribution in [2.24, 2.45) is 0 Å². The van der Waals surface area contributed by atoms with Crippen LogP contribution >= 0.6 is 0 Å². The van der Waals surface area contributed by atoms with Gasteiger partial charge in [0.1, 0.15) is 0 Å². The van der Waals surface area contributed by atoms with Gasteiger partial charge in [0.05, 0.1) is 0 Å². The molecule has 6 heteroatoms. The fraction of sp³-hybridized carbons (Fsp3) is 0.200. The zero-order valence-corrected chi connectivity index (χ0v) is 15.6. The van der Waals surface area contributed by atoms with Crippen LogP contribution in [0.4, 0.5) is 0 Å². The van der Waals surface area contributed by atoms with E-state index < -0.39 is 11.9 Å². The van der Waals surface area contributed by atoms with Gasteiger partial charge in [-0.05, 0) is 11.1 Å². The number of carbonyl (C=O) groups excluding carboxylic acids is 2. The monoisotopic (exact) mass is 270 g/mol. The van der Waals surface area contributed by atoms with Gasteiger partial charge in [0.15, 0.2) is 0 Å². The van der Waals surface area contributed by atoms with Crippen LogP contribution in [0.3, 0.4) is 0 Å². The minimum absolute atomic E-state index is 0. The van der Waals surface area contributed by atoms with Crippen molar-refractivity contribution in [3.05, 3.63) is 35.4 Å². The van der Waals surface area contributed by atoms with Gasteiger partial charge < -0.3 is 19.8 Å². The van der Waals surface area contributed by atoms with E-state index in [0.29, 0.717) is 11.1 Å². The quantitative estimate of drug-likeness (QED) is 0.509. The fourth-order valence-corrected chi connectivity index (χ4v) is 1.11. The first-order valence-corrected chi connectivity index (χ1v) is 4.05. The predicted molar refractivity (Wildman–Crippen MR) is 43.9 cm³/mol. The molecular formula is C10H8K2O4. The molecule has 0 aliphatic carbocycles. The third-order valence-electron chi connectivity index (χ3n) is 1.72. The van der Waals surface area contributed by atoms with Crippen LogP contribution in [0.25, 0.3) is 0 Å². The molecule has 4 nitrogen and oxygen atoms in total. The minimum Gasteiger partial charge on any atom is -0.550 e. The molecule has 0 aliphatic heterocycles. The first-order valence-electron chi connectivity index (χ1n) is 4.05. The van der Waals surface area contributed by atoms with Crippen LogP contribution < -0.4 is 113 Å². The number of carboxylic acid groups (broad SMARTS) is 2. The normalized spacial score (nSPS) is 8.50. The van der Waals surface area contributed by atoms with Crippen molar-refractivity contribution in [1.82, 2.24) is 0 Å². The molecule has 0 spiro atoms. The summed E-state index contributed by atoms with van der Waals surface area (Å²) < 4.78 is 0. The maximum Gasteiger partial charge on any atom is 1.00 e. The van der Waals surface area contributed by atoms with E-state index in [9.17, 15) is 19.8 Å². The molecule has 0 saturated heterocycles. The topological polar surface area (TPSA) is 80.3 Å². The zero-order valence-electron chi connectivity index (χ0n) is 9.36. The van der Waals surface area contributed by atoms with Crippen molar-refractivity contribution in [1.29, 1.82) is 0 Å². The Balaban J connectivity index is 0. The molecule has 16 heavy (non-hydrogen) atoms. The van der Waals surface area contributed by atoms with Crippen LogP contribution in [-0.2, 0) is 22.4 Å². The Labute approximate surface area is 179 Å². The second-order valence-electron chi connectivity index (χ2n) is 2.91. The molecule has 0 saturated carbocycles. The van der Waals surface area contributed by atoms with Crippen LogP contribution in [0, 0.1) is 0 Å². The number of carbonyl (C=O) groups is 2. The largest absolute Gasteiger partial charge is 1.00 e. The minimum atomic E-state index is -1.15. The van der Waals surface area contributed by atoms with Crippen LogP contribution in [-0.4, -0.2) is 11.9 Å². The van der Waals surface area contributed by atoms with Crippen LogP contribution in [0.5, 0.6) is 0 Å². The second kappa shape index (κ2) is 10.4. The molecule has 0 aliphatic rings. The van der Waals surface area contributed by atoms with Crippen molar-refractivity contribution in [3.63, 3.8) is 0 Å². The van der Waals surface area contributed by atoms with Gasteiger partial charge in [-0.3, -0.25) is 0 Å². The van der Waals surface area contributed by atoms with Gasteiger partial charge >= 0.3 is 103 Å². The van der Waals surface area contributed by atoms with Gasteiger partial charge in [0.2, 0.25) is 0 Å². The molecular weight excluding hydrogens is 262 g/mol. The molecule has 0 aromatic heterocycles. The van der Waals surface area contributed by atoms with Gasteiger partial charge in [-0.1, -0.05) is 24.3 Å². The Bertz CT molecular complexity index is 313. The molecule has 1 aromatic carbocycles. The Morgan fingerprint density at radius 1 is 0.812 bits per heavy atom. The Kier molecular flexibility index (Phi) is 12.8. The number of rotatable bonds is 4. The number of hydrogen-bond acceptors (Lipinski definition) is 4. The van der Waals surface area contributed by atoms with E-state index in [1.54, 1.807) is 24.3 Å². The van der Waals surface area contributed by atoms with Gasteiger partial charge in [-0.15, -0.1) is 0 Å². The first-order chi connectivity index (χ1) is 6.58. The van der Waals surface area contributed by atoms with Crippen LogP contribution in [0.1, 0.15) is 11.1 Å². The van der Waals surface area contributed by atoms with Gasteiger partial charge in [0, 0.05) is 24.8 Å². The maximum absolute atomic E-state index is 10.2. The Hall–Kier alpha value is 1.43. The van der Waals surface area contributed by atoms with E-state index in [-0.39, 0.29) is 116 Å². The summed E-state index contributed by atoms with van der Waals surface area (Å²) in [6, 6.07) is 6.25. The SMILES string of the molecule is O=C([O-])Cc1ccc(CC(=O)[O-])cc1.[K+].[K+]. The number of hydrogen-bond donors (Lipinski definition) is 0. The molecule has 0 amide bonds. The second-order valence-corrected chi connectivity index (χ2v) is 2.91. The summed E-state index contributed by atoms with van der Waals surface area (Å²) in [5.41, 5.74) is 1.18. The number of aliphatic carboxylic acids is 2. The zero-order chi connectivity index (χ0) is 10.6. The summed E-state index contributed by atoms with van der Waals surface area (Å²) in [7, 11) is 0. The first kappa shape index (κ1) is 19.8. The van der Waals surface area contributed by atoms with Crippen LogP contribution in [0.2, 0.25) is 0 Å². The molecule has 0 fully saturated rings. The third kappa shape index (κ3) is 8.51. The Morgan fingerprint density at radius 3 is 1.25 bits per heavy atom. The molecule has 74 valence electrons. The number of carboxylic acids is 2.